The van der Waals surface area contributed by atoms with Crippen molar-refractivity contribution >= 4 is 45.3 Å². The summed E-state index contributed by atoms with van der Waals surface area (Å²) in [6.07, 6.45) is 1.60. The van der Waals surface area contributed by atoms with E-state index in [0.717, 1.165) is 36.9 Å². The lowest BCUT2D eigenvalue weighted by Crippen LogP contribution is -1.85. The van der Waals surface area contributed by atoms with Gasteiger partial charge in [-0.25, -0.2) is 9.97 Å². The van der Waals surface area contributed by atoms with Crippen LogP contribution in [0.2, 0.25) is 5.02 Å². The van der Waals surface area contributed by atoms with Gasteiger partial charge in [-0.15, -0.1) is 0 Å². The third-order valence-electron chi connectivity index (χ3n) is 3.30. The SMILES string of the molecule is Clc1ccccc1Sc1ncnc2c1[nH]c1ccccc12. The minimum atomic E-state index is 0.727. The molecule has 21 heavy (non-hydrogen) atoms. The van der Waals surface area contributed by atoms with Crippen molar-refractivity contribution in [2.75, 3.05) is 0 Å². The molecule has 2 aromatic carbocycles. The number of aromatic amines is 1. The van der Waals surface area contributed by atoms with Crippen molar-refractivity contribution in [1.29, 1.82) is 0 Å². The van der Waals surface area contributed by atoms with Crippen LogP contribution >= 0.6 is 23.4 Å². The van der Waals surface area contributed by atoms with Crippen LogP contribution in [0.25, 0.3) is 21.9 Å². The fourth-order valence-electron chi connectivity index (χ4n) is 2.33. The van der Waals surface area contributed by atoms with Crippen molar-refractivity contribution in [3.05, 3.63) is 59.9 Å². The number of fused-ring (bicyclic) bond motifs is 3. The Balaban J connectivity index is 1.91. The largest absolute Gasteiger partial charge is 0.351 e. The smallest absolute Gasteiger partial charge is 0.128 e. The van der Waals surface area contributed by atoms with Gasteiger partial charge in [-0.3, -0.25) is 0 Å². The zero-order valence-electron chi connectivity index (χ0n) is 10.9. The summed E-state index contributed by atoms with van der Waals surface area (Å²) in [7, 11) is 0. The summed E-state index contributed by atoms with van der Waals surface area (Å²) in [5, 5.41) is 2.71. The van der Waals surface area contributed by atoms with E-state index in [0.29, 0.717) is 0 Å². The third-order valence-corrected chi connectivity index (χ3v) is 4.82. The van der Waals surface area contributed by atoms with Gasteiger partial charge < -0.3 is 4.98 Å². The predicted octanol–water partition coefficient (Wildman–Crippen LogP) is 4.92. The number of nitrogens with zero attached hydrogens (tertiary/aromatic N) is 2. The maximum atomic E-state index is 6.23. The third kappa shape index (κ3) is 2.17. The second-order valence-electron chi connectivity index (χ2n) is 4.61. The summed E-state index contributed by atoms with van der Waals surface area (Å²) in [5.74, 6) is 0. The quantitative estimate of drug-likeness (QED) is 0.534. The van der Waals surface area contributed by atoms with Crippen molar-refractivity contribution in [1.82, 2.24) is 15.0 Å². The Morgan fingerprint density at radius 1 is 0.952 bits per heavy atom. The molecule has 4 aromatic rings. The summed E-state index contributed by atoms with van der Waals surface area (Å²) in [5.41, 5.74) is 2.95. The van der Waals surface area contributed by atoms with Gasteiger partial charge in [0.1, 0.15) is 16.9 Å². The molecule has 0 bridgehead atoms. The minimum Gasteiger partial charge on any atom is -0.351 e. The molecule has 5 heteroatoms. The molecule has 2 heterocycles. The van der Waals surface area contributed by atoms with Crippen LogP contribution < -0.4 is 0 Å². The maximum absolute atomic E-state index is 6.23. The van der Waals surface area contributed by atoms with Gasteiger partial charge in [0.05, 0.1) is 10.5 Å². The second-order valence-corrected chi connectivity index (χ2v) is 6.04. The van der Waals surface area contributed by atoms with Gasteiger partial charge >= 0.3 is 0 Å². The van der Waals surface area contributed by atoms with Gasteiger partial charge in [0, 0.05) is 15.8 Å². The molecule has 0 spiro atoms. The Labute approximate surface area is 130 Å². The number of hydrogen-bond donors (Lipinski definition) is 1. The summed E-state index contributed by atoms with van der Waals surface area (Å²) < 4.78 is 0. The van der Waals surface area contributed by atoms with Crippen LogP contribution in [0.15, 0.2) is 64.8 Å². The molecule has 0 saturated heterocycles. The van der Waals surface area contributed by atoms with E-state index in [1.807, 2.05) is 42.5 Å². The minimum absolute atomic E-state index is 0.727. The van der Waals surface area contributed by atoms with E-state index < -0.39 is 0 Å². The Morgan fingerprint density at radius 2 is 1.76 bits per heavy atom. The summed E-state index contributed by atoms with van der Waals surface area (Å²) in [6.45, 7) is 0. The molecule has 4 rings (SSSR count). The molecule has 1 N–H and O–H groups in total. The molecule has 0 radical (unpaired) electrons. The van der Waals surface area contributed by atoms with E-state index in [-0.39, 0.29) is 0 Å². The van der Waals surface area contributed by atoms with E-state index in [1.165, 1.54) is 0 Å². The van der Waals surface area contributed by atoms with Crippen molar-refractivity contribution in [3.8, 4) is 0 Å². The molecule has 0 amide bonds. The van der Waals surface area contributed by atoms with Gasteiger partial charge in [-0.1, -0.05) is 53.7 Å². The lowest BCUT2D eigenvalue weighted by Gasteiger charge is -2.03. The fourth-order valence-corrected chi connectivity index (χ4v) is 3.45. The average molecular weight is 312 g/mol. The Morgan fingerprint density at radius 3 is 2.67 bits per heavy atom. The van der Waals surface area contributed by atoms with Crippen molar-refractivity contribution in [2.24, 2.45) is 0 Å². The van der Waals surface area contributed by atoms with E-state index >= 15 is 0 Å². The van der Waals surface area contributed by atoms with E-state index in [2.05, 4.69) is 21.0 Å². The molecule has 102 valence electrons. The van der Waals surface area contributed by atoms with Gasteiger partial charge in [-0.05, 0) is 18.2 Å². The first-order valence-electron chi connectivity index (χ1n) is 6.47. The molecular weight excluding hydrogens is 302 g/mol. The van der Waals surface area contributed by atoms with Crippen LogP contribution in [0.3, 0.4) is 0 Å². The molecule has 0 saturated carbocycles. The van der Waals surface area contributed by atoms with Crippen LogP contribution in [0.4, 0.5) is 0 Å². The van der Waals surface area contributed by atoms with Crippen LogP contribution in [0, 0.1) is 0 Å². The lowest BCUT2D eigenvalue weighted by molar-refractivity contribution is 1.09. The van der Waals surface area contributed by atoms with Crippen LogP contribution in [-0.2, 0) is 0 Å². The van der Waals surface area contributed by atoms with Gasteiger partial charge in [0.25, 0.3) is 0 Å². The average Bonchev–Trinajstić information content (AvgIpc) is 2.89. The first-order valence-corrected chi connectivity index (χ1v) is 7.66. The second kappa shape index (κ2) is 5.06. The molecule has 2 aromatic heterocycles. The lowest BCUT2D eigenvalue weighted by atomic mass is 10.2. The highest BCUT2D eigenvalue weighted by atomic mass is 35.5. The maximum Gasteiger partial charge on any atom is 0.128 e. The standard InChI is InChI=1S/C16H10ClN3S/c17-11-6-2-4-8-13(11)21-16-15-14(18-9-19-16)10-5-1-3-7-12(10)20-15/h1-9,20H. The molecule has 0 unspecified atom stereocenters. The number of nitrogens with one attached hydrogen (secondary N) is 1. The first-order chi connectivity index (χ1) is 10.3. The van der Waals surface area contributed by atoms with E-state index in [4.69, 9.17) is 11.6 Å². The number of benzene rings is 2. The van der Waals surface area contributed by atoms with Crippen molar-refractivity contribution in [2.45, 2.75) is 9.92 Å². The summed E-state index contributed by atoms with van der Waals surface area (Å²) >= 11 is 7.77. The number of aromatic nitrogens is 3. The number of halogens is 1. The highest BCUT2D eigenvalue weighted by molar-refractivity contribution is 7.99. The van der Waals surface area contributed by atoms with Crippen molar-refractivity contribution in [3.63, 3.8) is 0 Å². The Hall–Kier alpha value is -2.04. The van der Waals surface area contributed by atoms with Crippen LogP contribution in [-0.4, -0.2) is 15.0 Å². The summed E-state index contributed by atoms with van der Waals surface area (Å²) in [4.78, 5) is 13.2. The normalized spacial score (nSPS) is 11.3. The van der Waals surface area contributed by atoms with Crippen LogP contribution in [0.5, 0.6) is 0 Å². The molecule has 0 aliphatic heterocycles. The molecule has 0 aliphatic carbocycles. The molecule has 0 atom stereocenters. The van der Waals surface area contributed by atoms with Gasteiger partial charge in [0.15, 0.2) is 0 Å². The predicted molar refractivity (Wildman–Crippen MR) is 87.0 cm³/mol. The van der Waals surface area contributed by atoms with Crippen molar-refractivity contribution < 1.29 is 0 Å². The molecule has 0 fully saturated rings. The van der Waals surface area contributed by atoms with Gasteiger partial charge in [-0.2, -0.15) is 0 Å². The number of hydrogen-bond acceptors (Lipinski definition) is 3. The highest BCUT2D eigenvalue weighted by Gasteiger charge is 2.12. The first kappa shape index (κ1) is 12.7. The number of H-pyrrole nitrogens is 1. The number of rotatable bonds is 2. The Kier molecular flexibility index (Phi) is 3.05. The van der Waals surface area contributed by atoms with E-state index in [9.17, 15) is 0 Å². The fraction of sp³-hybridized carbons (Fsp3) is 0. The monoisotopic (exact) mass is 311 g/mol. The highest BCUT2D eigenvalue weighted by Crippen LogP contribution is 2.36. The summed E-state index contributed by atoms with van der Waals surface area (Å²) in [6, 6.07) is 15.9. The van der Waals surface area contributed by atoms with E-state index in [1.54, 1.807) is 18.1 Å². The molecular formula is C16H10ClN3S. The molecule has 3 nitrogen and oxygen atoms in total. The molecule has 0 aliphatic rings. The Bertz CT molecular complexity index is 948. The zero-order chi connectivity index (χ0) is 14.2. The topological polar surface area (TPSA) is 41.6 Å². The zero-order valence-corrected chi connectivity index (χ0v) is 12.4. The number of para-hydroxylation sites is 1. The van der Waals surface area contributed by atoms with Gasteiger partial charge in [0.2, 0.25) is 0 Å². The van der Waals surface area contributed by atoms with Crippen LogP contribution in [0.1, 0.15) is 0 Å².